The molecule has 0 radical (unpaired) electrons. The van der Waals surface area contributed by atoms with Gasteiger partial charge in [-0.05, 0) is 32.1 Å². The van der Waals surface area contributed by atoms with Crippen LogP contribution in [0.25, 0.3) is 0 Å². The van der Waals surface area contributed by atoms with Gasteiger partial charge in [0.25, 0.3) is 0 Å². The number of aliphatic hydroxyl groups excluding tert-OH is 2. The molecule has 4 heteroatoms. The first-order valence-electron chi connectivity index (χ1n) is 13.6. The van der Waals surface area contributed by atoms with Crippen LogP contribution in [0.4, 0.5) is 0 Å². The zero-order valence-electron chi connectivity index (χ0n) is 20.7. The van der Waals surface area contributed by atoms with E-state index in [-0.39, 0.29) is 12.2 Å². The molecule has 0 aromatic rings. The van der Waals surface area contributed by atoms with Crippen LogP contribution in [0.3, 0.4) is 0 Å². The van der Waals surface area contributed by atoms with E-state index < -0.39 is 5.97 Å². The number of unbranched alkanes of at least 4 members (excludes halogenated alkanes) is 16. The predicted molar refractivity (Wildman–Crippen MR) is 132 cm³/mol. The zero-order chi connectivity index (χ0) is 23.0. The molecule has 0 aliphatic carbocycles. The van der Waals surface area contributed by atoms with Crippen molar-refractivity contribution in [1.29, 1.82) is 0 Å². The average Bonchev–Trinajstić information content (AvgIpc) is 2.74. The molecule has 0 rings (SSSR count). The molecule has 0 aromatic heterocycles. The molecule has 4 nitrogen and oxygen atoms in total. The number of aliphatic carboxylic acids is 1. The summed E-state index contributed by atoms with van der Waals surface area (Å²) >= 11 is 0. The van der Waals surface area contributed by atoms with E-state index in [0.717, 1.165) is 51.4 Å². The second-order valence-corrected chi connectivity index (χ2v) is 9.62. The molecule has 0 aliphatic heterocycles. The van der Waals surface area contributed by atoms with E-state index in [2.05, 4.69) is 6.92 Å². The highest BCUT2D eigenvalue weighted by atomic mass is 16.4. The third-order valence-electron chi connectivity index (χ3n) is 6.40. The Morgan fingerprint density at radius 2 is 0.839 bits per heavy atom. The smallest absolute Gasteiger partial charge is 0.303 e. The average molecular weight is 443 g/mol. The minimum absolute atomic E-state index is 0.231. The van der Waals surface area contributed by atoms with Gasteiger partial charge in [0.2, 0.25) is 0 Å². The van der Waals surface area contributed by atoms with Crippen LogP contribution in [0, 0.1) is 0 Å². The maximum absolute atomic E-state index is 10.4. The first kappa shape index (κ1) is 30.4. The van der Waals surface area contributed by atoms with Crippen molar-refractivity contribution in [2.45, 2.75) is 167 Å². The molecule has 0 fully saturated rings. The molecule has 3 N–H and O–H groups in total. The Morgan fingerprint density at radius 1 is 0.516 bits per heavy atom. The Bertz CT molecular complexity index is 372. The van der Waals surface area contributed by atoms with Crippen LogP contribution in [0.15, 0.2) is 0 Å². The number of carboxylic acids is 1. The molecule has 0 saturated carbocycles. The normalized spacial score (nSPS) is 13.4. The highest BCUT2D eigenvalue weighted by molar-refractivity contribution is 5.66. The molecule has 186 valence electrons. The molecule has 0 aromatic carbocycles. The molecule has 2 unspecified atom stereocenters. The van der Waals surface area contributed by atoms with Gasteiger partial charge in [-0.3, -0.25) is 4.79 Å². The van der Waals surface area contributed by atoms with E-state index in [9.17, 15) is 15.0 Å². The van der Waals surface area contributed by atoms with E-state index in [0.29, 0.717) is 6.42 Å². The largest absolute Gasteiger partial charge is 0.481 e. The minimum Gasteiger partial charge on any atom is -0.481 e. The summed E-state index contributed by atoms with van der Waals surface area (Å²) < 4.78 is 0. The topological polar surface area (TPSA) is 77.8 Å². The van der Waals surface area contributed by atoms with Crippen LogP contribution in [-0.2, 0) is 4.79 Å². The zero-order valence-corrected chi connectivity index (χ0v) is 20.7. The van der Waals surface area contributed by atoms with Crippen molar-refractivity contribution in [3.63, 3.8) is 0 Å². The summed E-state index contributed by atoms with van der Waals surface area (Å²) in [6.07, 6.45) is 25.1. The monoisotopic (exact) mass is 442 g/mol. The molecule has 0 amide bonds. The second kappa shape index (κ2) is 24.0. The van der Waals surface area contributed by atoms with E-state index in [4.69, 9.17) is 5.11 Å². The number of carboxylic acid groups (broad SMARTS) is 1. The van der Waals surface area contributed by atoms with E-state index in [1.165, 1.54) is 89.9 Å². The molecule has 2 atom stereocenters. The van der Waals surface area contributed by atoms with Crippen LogP contribution >= 0.6 is 0 Å². The van der Waals surface area contributed by atoms with Crippen molar-refractivity contribution in [1.82, 2.24) is 0 Å². The van der Waals surface area contributed by atoms with Crippen LogP contribution in [-0.4, -0.2) is 33.5 Å². The SMILES string of the molecule is CCCCCCCCC(O)CCC(O)CCCCCCCCCCCCCCC(=O)O. The summed E-state index contributed by atoms with van der Waals surface area (Å²) in [5, 5.41) is 28.8. The maximum Gasteiger partial charge on any atom is 0.303 e. The summed E-state index contributed by atoms with van der Waals surface area (Å²) in [6, 6.07) is 0. The molecule has 31 heavy (non-hydrogen) atoms. The molecule has 0 bridgehead atoms. The third-order valence-corrected chi connectivity index (χ3v) is 6.40. The lowest BCUT2D eigenvalue weighted by molar-refractivity contribution is -0.137. The van der Waals surface area contributed by atoms with Crippen molar-refractivity contribution in [2.24, 2.45) is 0 Å². The van der Waals surface area contributed by atoms with Gasteiger partial charge in [0.15, 0.2) is 0 Å². The fraction of sp³-hybridized carbons (Fsp3) is 0.963. The molecular weight excluding hydrogens is 388 g/mol. The number of hydrogen-bond donors (Lipinski definition) is 3. The first-order valence-corrected chi connectivity index (χ1v) is 13.6. The summed E-state index contributed by atoms with van der Waals surface area (Å²) in [5.74, 6) is -0.674. The third kappa shape index (κ3) is 25.5. The lowest BCUT2D eigenvalue weighted by atomic mass is 10.00. The Kier molecular flexibility index (Phi) is 23.6. The molecular formula is C27H54O4. The number of aliphatic hydroxyl groups is 2. The van der Waals surface area contributed by atoms with Gasteiger partial charge in [-0.1, -0.05) is 116 Å². The van der Waals surface area contributed by atoms with Crippen molar-refractivity contribution >= 4 is 5.97 Å². The standard InChI is InChI=1S/C27H54O4/c1-2-3-4-5-14-17-20-25(28)23-24-26(29)21-18-15-12-10-8-6-7-9-11-13-16-19-22-27(30)31/h25-26,28-29H,2-24H2,1H3,(H,30,31). The van der Waals surface area contributed by atoms with Crippen molar-refractivity contribution in [3.05, 3.63) is 0 Å². The maximum atomic E-state index is 10.4. The van der Waals surface area contributed by atoms with Gasteiger partial charge in [-0.15, -0.1) is 0 Å². The second-order valence-electron chi connectivity index (χ2n) is 9.62. The summed E-state index contributed by atoms with van der Waals surface area (Å²) in [4.78, 5) is 10.4. The Morgan fingerprint density at radius 3 is 1.19 bits per heavy atom. The van der Waals surface area contributed by atoms with E-state index in [1.54, 1.807) is 0 Å². The Balaban J connectivity index is 3.26. The summed E-state index contributed by atoms with van der Waals surface area (Å²) in [6.45, 7) is 2.23. The molecule has 0 saturated heterocycles. The predicted octanol–water partition coefficient (Wildman–Crippen LogP) is 7.79. The fourth-order valence-electron chi connectivity index (χ4n) is 4.26. The van der Waals surface area contributed by atoms with Gasteiger partial charge < -0.3 is 15.3 Å². The highest BCUT2D eigenvalue weighted by Gasteiger charge is 2.09. The van der Waals surface area contributed by atoms with Gasteiger partial charge in [0, 0.05) is 6.42 Å². The van der Waals surface area contributed by atoms with Crippen LogP contribution in [0.1, 0.15) is 155 Å². The van der Waals surface area contributed by atoms with E-state index >= 15 is 0 Å². The summed E-state index contributed by atoms with van der Waals surface area (Å²) in [5.41, 5.74) is 0. The van der Waals surface area contributed by atoms with Gasteiger partial charge in [-0.2, -0.15) is 0 Å². The van der Waals surface area contributed by atoms with Crippen molar-refractivity contribution in [2.75, 3.05) is 0 Å². The lowest BCUT2D eigenvalue weighted by Gasteiger charge is -2.14. The van der Waals surface area contributed by atoms with Gasteiger partial charge in [0.05, 0.1) is 12.2 Å². The molecule has 0 heterocycles. The first-order chi connectivity index (χ1) is 15.1. The van der Waals surface area contributed by atoms with Crippen LogP contribution in [0.5, 0.6) is 0 Å². The number of hydrogen-bond acceptors (Lipinski definition) is 3. The fourth-order valence-corrected chi connectivity index (χ4v) is 4.26. The highest BCUT2D eigenvalue weighted by Crippen LogP contribution is 2.16. The van der Waals surface area contributed by atoms with Crippen molar-refractivity contribution < 1.29 is 20.1 Å². The number of carbonyl (C=O) groups is 1. The minimum atomic E-state index is -0.674. The van der Waals surface area contributed by atoms with Gasteiger partial charge >= 0.3 is 5.97 Å². The van der Waals surface area contributed by atoms with E-state index in [1.807, 2.05) is 0 Å². The van der Waals surface area contributed by atoms with Crippen LogP contribution in [0.2, 0.25) is 0 Å². The van der Waals surface area contributed by atoms with Crippen LogP contribution < -0.4 is 0 Å². The van der Waals surface area contributed by atoms with Gasteiger partial charge in [-0.25, -0.2) is 0 Å². The Hall–Kier alpha value is -0.610. The molecule has 0 spiro atoms. The summed E-state index contributed by atoms with van der Waals surface area (Å²) in [7, 11) is 0. The number of rotatable bonds is 25. The van der Waals surface area contributed by atoms with Gasteiger partial charge in [0.1, 0.15) is 0 Å². The lowest BCUT2D eigenvalue weighted by Crippen LogP contribution is -2.13. The van der Waals surface area contributed by atoms with Crippen molar-refractivity contribution in [3.8, 4) is 0 Å². The Labute approximate surface area is 193 Å². The quantitative estimate of drug-likeness (QED) is 0.126. The molecule has 0 aliphatic rings.